The number of nitrogens with one attached hydrogen (secondary N) is 1. The fraction of sp³-hybridized carbons (Fsp3) is 0.312. The van der Waals surface area contributed by atoms with Crippen molar-refractivity contribution >= 4 is 11.3 Å². The molecule has 19 heavy (non-hydrogen) atoms. The molecule has 0 radical (unpaired) electrons. The standard InChI is InChI=1S/C16H18N2S/c1-11-8-16(13(3)19-11)10-18-12(2)15-6-4-14(9-17)5-7-15/h4-8,12,18H,10H2,1-3H3. The molecule has 0 aliphatic rings. The molecule has 0 amide bonds. The van der Waals surface area contributed by atoms with Gasteiger partial charge in [-0.2, -0.15) is 5.26 Å². The summed E-state index contributed by atoms with van der Waals surface area (Å²) >= 11 is 1.85. The highest BCUT2D eigenvalue weighted by Crippen LogP contribution is 2.21. The molecule has 2 nitrogen and oxygen atoms in total. The molecule has 1 atom stereocenters. The summed E-state index contributed by atoms with van der Waals surface area (Å²) in [4.78, 5) is 2.75. The Morgan fingerprint density at radius 3 is 2.47 bits per heavy atom. The fourth-order valence-electron chi connectivity index (χ4n) is 2.09. The summed E-state index contributed by atoms with van der Waals surface area (Å²) < 4.78 is 0. The van der Waals surface area contributed by atoms with Gasteiger partial charge in [0, 0.05) is 22.3 Å². The van der Waals surface area contributed by atoms with Gasteiger partial charge in [-0.15, -0.1) is 11.3 Å². The monoisotopic (exact) mass is 270 g/mol. The van der Waals surface area contributed by atoms with E-state index >= 15 is 0 Å². The van der Waals surface area contributed by atoms with E-state index < -0.39 is 0 Å². The molecule has 0 saturated heterocycles. The molecule has 1 aromatic carbocycles. The number of hydrogen-bond acceptors (Lipinski definition) is 3. The molecule has 0 aliphatic carbocycles. The van der Waals surface area contributed by atoms with Gasteiger partial charge in [-0.25, -0.2) is 0 Å². The van der Waals surface area contributed by atoms with Gasteiger partial charge in [-0.05, 0) is 50.1 Å². The number of thiophene rings is 1. The minimum absolute atomic E-state index is 0.285. The van der Waals surface area contributed by atoms with Crippen LogP contribution in [0.4, 0.5) is 0 Å². The van der Waals surface area contributed by atoms with Gasteiger partial charge in [-0.3, -0.25) is 0 Å². The van der Waals surface area contributed by atoms with Crippen molar-refractivity contribution in [2.24, 2.45) is 0 Å². The smallest absolute Gasteiger partial charge is 0.0991 e. The summed E-state index contributed by atoms with van der Waals surface area (Å²) in [7, 11) is 0. The van der Waals surface area contributed by atoms with E-state index in [2.05, 4.69) is 38.2 Å². The molecule has 1 unspecified atom stereocenters. The zero-order valence-corrected chi connectivity index (χ0v) is 12.3. The molecule has 0 bridgehead atoms. The zero-order valence-electron chi connectivity index (χ0n) is 11.5. The quantitative estimate of drug-likeness (QED) is 0.908. The highest BCUT2D eigenvalue weighted by atomic mass is 32.1. The van der Waals surface area contributed by atoms with Crippen molar-refractivity contribution < 1.29 is 0 Å². The first-order chi connectivity index (χ1) is 9.10. The molecule has 98 valence electrons. The Morgan fingerprint density at radius 2 is 1.95 bits per heavy atom. The van der Waals surface area contributed by atoms with Crippen LogP contribution in [0.15, 0.2) is 30.3 Å². The summed E-state index contributed by atoms with van der Waals surface area (Å²) in [6.45, 7) is 7.35. The maximum absolute atomic E-state index is 8.79. The summed E-state index contributed by atoms with van der Waals surface area (Å²) in [5.74, 6) is 0. The van der Waals surface area contributed by atoms with Crippen molar-refractivity contribution in [3.05, 3.63) is 56.8 Å². The van der Waals surface area contributed by atoms with E-state index in [9.17, 15) is 0 Å². The molecule has 2 rings (SSSR count). The van der Waals surface area contributed by atoms with E-state index in [1.165, 1.54) is 20.9 Å². The Hall–Kier alpha value is -1.63. The number of benzene rings is 1. The molecule has 1 aromatic heterocycles. The van der Waals surface area contributed by atoms with Crippen LogP contribution >= 0.6 is 11.3 Å². The van der Waals surface area contributed by atoms with E-state index in [0.717, 1.165) is 6.54 Å². The molecule has 1 heterocycles. The van der Waals surface area contributed by atoms with Crippen molar-refractivity contribution in [3.8, 4) is 6.07 Å². The van der Waals surface area contributed by atoms with E-state index in [1.807, 2.05) is 35.6 Å². The highest BCUT2D eigenvalue weighted by Gasteiger charge is 2.07. The third-order valence-corrected chi connectivity index (χ3v) is 4.29. The third kappa shape index (κ3) is 3.44. The lowest BCUT2D eigenvalue weighted by molar-refractivity contribution is 0.574. The van der Waals surface area contributed by atoms with E-state index in [-0.39, 0.29) is 6.04 Å². The van der Waals surface area contributed by atoms with Crippen LogP contribution in [0.5, 0.6) is 0 Å². The van der Waals surface area contributed by atoms with Crippen LogP contribution in [0.1, 0.15) is 39.4 Å². The Kier molecular flexibility index (Phi) is 4.36. The van der Waals surface area contributed by atoms with E-state index in [4.69, 9.17) is 5.26 Å². The van der Waals surface area contributed by atoms with Gasteiger partial charge in [0.25, 0.3) is 0 Å². The molecule has 0 fully saturated rings. The van der Waals surface area contributed by atoms with Crippen molar-refractivity contribution in [3.63, 3.8) is 0 Å². The van der Waals surface area contributed by atoms with Gasteiger partial charge in [0.2, 0.25) is 0 Å². The SMILES string of the molecule is Cc1cc(CNC(C)c2ccc(C#N)cc2)c(C)s1. The second-order valence-electron chi connectivity index (χ2n) is 4.77. The topological polar surface area (TPSA) is 35.8 Å². The summed E-state index contributed by atoms with van der Waals surface area (Å²) in [6.07, 6.45) is 0. The van der Waals surface area contributed by atoms with Crippen LogP contribution in [-0.4, -0.2) is 0 Å². The van der Waals surface area contributed by atoms with Gasteiger partial charge in [0.05, 0.1) is 11.6 Å². The Balaban J connectivity index is 1.99. The first-order valence-corrected chi connectivity index (χ1v) is 7.21. The normalized spacial score (nSPS) is 12.1. The molecule has 1 N–H and O–H groups in total. The number of nitrogens with zero attached hydrogens (tertiary/aromatic N) is 1. The van der Waals surface area contributed by atoms with Crippen LogP contribution in [-0.2, 0) is 6.54 Å². The molecule has 0 saturated carbocycles. The van der Waals surface area contributed by atoms with Crippen LogP contribution < -0.4 is 5.32 Å². The first kappa shape index (κ1) is 13.8. The second-order valence-corrected chi connectivity index (χ2v) is 6.24. The number of rotatable bonds is 4. The average Bonchev–Trinajstić information content (AvgIpc) is 2.74. The van der Waals surface area contributed by atoms with Crippen molar-refractivity contribution in [1.82, 2.24) is 5.32 Å². The van der Waals surface area contributed by atoms with E-state index in [0.29, 0.717) is 5.56 Å². The molecule has 0 aliphatic heterocycles. The minimum atomic E-state index is 0.285. The van der Waals surface area contributed by atoms with Gasteiger partial charge in [-0.1, -0.05) is 12.1 Å². The van der Waals surface area contributed by atoms with Crippen LogP contribution in [0.3, 0.4) is 0 Å². The summed E-state index contributed by atoms with van der Waals surface area (Å²) in [5, 5.41) is 12.3. The lowest BCUT2D eigenvalue weighted by Gasteiger charge is -2.14. The Bertz CT molecular complexity index is 590. The summed E-state index contributed by atoms with van der Waals surface area (Å²) in [6, 6.07) is 12.4. The van der Waals surface area contributed by atoms with Gasteiger partial charge >= 0.3 is 0 Å². The number of nitriles is 1. The van der Waals surface area contributed by atoms with Crippen LogP contribution in [0, 0.1) is 25.2 Å². The zero-order chi connectivity index (χ0) is 13.8. The number of hydrogen-bond donors (Lipinski definition) is 1. The molecular weight excluding hydrogens is 252 g/mol. The van der Waals surface area contributed by atoms with Gasteiger partial charge in [0.1, 0.15) is 0 Å². The predicted molar refractivity (Wildman–Crippen MR) is 80.2 cm³/mol. The van der Waals surface area contributed by atoms with Gasteiger partial charge < -0.3 is 5.32 Å². The second kappa shape index (κ2) is 6.01. The first-order valence-electron chi connectivity index (χ1n) is 6.39. The maximum atomic E-state index is 8.79. The lowest BCUT2D eigenvalue weighted by atomic mass is 10.1. The highest BCUT2D eigenvalue weighted by molar-refractivity contribution is 7.12. The average molecular weight is 270 g/mol. The number of aryl methyl sites for hydroxylation is 2. The van der Waals surface area contributed by atoms with Crippen molar-refractivity contribution in [2.45, 2.75) is 33.4 Å². The van der Waals surface area contributed by atoms with E-state index in [1.54, 1.807) is 0 Å². The van der Waals surface area contributed by atoms with Crippen molar-refractivity contribution in [1.29, 1.82) is 5.26 Å². The Labute approximate surface area is 118 Å². The molecule has 0 spiro atoms. The largest absolute Gasteiger partial charge is 0.306 e. The predicted octanol–water partition coefficient (Wildman–Crippen LogP) is 4.09. The minimum Gasteiger partial charge on any atom is -0.306 e. The summed E-state index contributed by atoms with van der Waals surface area (Å²) in [5.41, 5.74) is 3.30. The molecule has 2 aromatic rings. The lowest BCUT2D eigenvalue weighted by Crippen LogP contribution is -2.18. The molecule has 3 heteroatoms. The Morgan fingerprint density at radius 1 is 1.26 bits per heavy atom. The molecular formula is C16H18N2S. The third-order valence-electron chi connectivity index (χ3n) is 3.28. The fourth-order valence-corrected chi connectivity index (χ4v) is 3.03. The van der Waals surface area contributed by atoms with Crippen LogP contribution in [0.2, 0.25) is 0 Å². The van der Waals surface area contributed by atoms with Crippen molar-refractivity contribution in [2.75, 3.05) is 0 Å². The van der Waals surface area contributed by atoms with Gasteiger partial charge in [0.15, 0.2) is 0 Å². The van der Waals surface area contributed by atoms with Crippen LogP contribution in [0.25, 0.3) is 0 Å². The maximum Gasteiger partial charge on any atom is 0.0991 e.